The summed E-state index contributed by atoms with van der Waals surface area (Å²) in [6, 6.07) is 0. The molecular formula is C64H106O6. The third-order valence-electron chi connectivity index (χ3n) is 12.1. The first kappa shape index (κ1) is 66.1. The van der Waals surface area contributed by atoms with E-state index in [1.807, 2.05) is 6.08 Å². The van der Waals surface area contributed by atoms with Crippen LogP contribution in [0.25, 0.3) is 0 Å². The lowest BCUT2D eigenvalue weighted by Gasteiger charge is -2.18. The van der Waals surface area contributed by atoms with Crippen LogP contribution in [0.4, 0.5) is 0 Å². The van der Waals surface area contributed by atoms with Crippen molar-refractivity contribution in [1.82, 2.24) is 0 Å². The van der Waals surface area contributed by atoms with Gasteiger partial charge in [0, 0.05) is 12.8 Å². The maximum absolute atomic E-state index is 12.9. The number of rotatable bonds is 51. The largest absolute Gasteiger partial charge is 0.462 e. The van der Waals surface area contributed by atoms with Crippen molar-refractivity contribution in [1.29, 1.82) is 0 Å². The van der Waals surface area contributed by atoms with E-state index in [9.17, 15) is 14.4 Å². The van der Waals surface area contributed by atoms with Crippen LogP contribution >= 0.6 is 0 Å². The summed E-state index contributed by atoms with van der Waals surface area (Å²) in [4.78, 5) is 38.1. The molecule has 0 saturated carbocycles. The van der Waals surface area contributed by atoms with Crippen LogP contribution in [-0.2, 0) is 28.6 Å². The average Bonchev–Trinajstić information content (AvgIpc) is 3.36. The van der Waals surface area contributed by atoms with E-state index in [0.29, 0.717) is 12.8 Å². The zero-order valence-electron chi connectivity index (χ0n) is 45.5. The number of allylic oxidation sites excluding steroid dienone is 17. The van der Waals surface area contributed by atoms with Crippen LogP contribution < -0.4 is 0 Å². The Morgan fingerprint density at radius 3 is 1.00 bits per heavy atom. The Bertz CT molecular complexity index is 1440. The van der Waals surface area contributed by atoms with Crippen molar-refractivity contribution in [2.45, 2.75) is 264 Å². The summed E-state index contributed by atoms with van der Waals surface area (Å²) in [6.07, 6.45) is 78.2. The highest BCUT2D eigenvalue weighted by atomic mass is 16.6. The summed E-state index contributed by atoms with van der Waals surface area (Å²) < 4.78 is 16.8. The molecule has 0 heterocycles. The van der Waals surface area contributed by atoms with E-state index in [1.165, 1.54) is 116 Å². The van der Waals surface area contributed by atoms with Crippen LogP contribution in [-0.4, -0.2) is 37.2 Å². The summed E-state index contributed by atoms with van der Waals surface area (Å²) in [7, 11) is 0. The van der Waals surface area contributed by atoms with Crippen LogP contribution in [0.3, 0.4) is 0 Å². The van der Waals surface area contributed by atoms with Gasteiger partial charge < -0.3 is 14.2 Å². The van der Waals surface area contributed by atoms with Crippen molar-refractivity contribution in [3.63, 3.8) is 0 Å². The summed E-state index contributed by atoms with van der Waals surface area (Å²) >= 11 is 0. The summed E-state index contributed by atoms with van der Waals surface area (Å²) in [5.74, 6) is -1.05. The maximum Gasteiger partial charge on any atom is 0.309 e. The zero-order chi connectivity index (χ0) is 50.7. The molecule has 70 heavy (non-hydrogen) atoms. The average molecular weight is 972 g/mol. The van der Waals surface area contributed by atoms with Crippen molar-refractivity contribution >= 4 is 17.9 Å². The molecule has 0 amide bonds. The molecule has 0 N–H and O–H groups in total. The predicted molar refractivity (Wildman–Crippen MR) is 302 cm³/mol. The van der Waals surface area contributed by atoms with Gasteiger partial charge in [0.05, 0.1) is 6.42 Å². The molecule has 0 aliphatic carbocycles. The lowest BCUT2D eigenvalue weighted by Crippen LogP contribution is -2.30. The van der Waals surface area contributed by atoms with Gasteiger partial charge in [0.25, 0.3) is 0 Å². The van der Waals surface area contributed by atoms with E-state index in [2.05, 4.69) is 118 Å². The number of carbonyl (C=O) groups excluding carboxylic acids is 3. The van der Waals surface area contributed by atoms with Crippen molar-refractivity contribution < 1.29 is 28.6 Å². The minimum Gasteiger partial charge on any atom is -0.462 e. The molecular weight excluding hydrogens is 865 g/mol. The number of carbonyl (C=O) groups is 3. The standard InChI is InChI=1S/C64H106O6/c1-4-7-10-13-16-19-22-25-28-30-31-32-33-34-37-39-42-45-48-51-54-57-63(66)69-60-61(59-68-62(65)56-53-50-47-44-41-38-35-27-24-21-18-15-12-9-6-3)70-64(67)58-55-52-49-46-43-40-36-29-26-23-20-17-14-11-8-5-2/h7,9-10,12,16,18-19,21,25,27-28,31-32,35,41,44,50,53,61H,4-6,8,11,13-15,17,20,22-24,26,29-30,33-34,36-40,42-43,45-49,51-52,54-60H2,1-3H3/b10-7-,12-9-,19-16-,21-18-,28-25-,32-31-,35-27-,44-41-,53-50-. The molecule has 0 spiro atoms. The Balaban J connectivity index is 4.47. The normalized spacial score (nSPS) is 12.9. The molecule has 0 saturated heterocycles. The van der Waals surface area contributed by atoms with E-state index < -0.39 is 12.1 Å². The molecule has 6 heteroatoms. The van der Waals surface area contributed by atoms with Crippen molar-refractivity contribution in [2.75, 3.05) is 13.2 Å². The SMILES string of the molecule is CC/C=C\C/C=C\C/C=C\C/C=C\C/C=C\CC(=O)OCC(COC(=O)CCCCCCCCCC/C=C\C/C=C\C/C=C\C/C=C\CC)OC(=O)CCCCCCCCCCCCCCCCCC. The van der Waals surface area contributed by atoms with E-state index in [4.69, 9.17) is 14.2 Å². The smallest absolute Gasteiger partial charge is 0.309 e. The van der Waals surface area contributed by atoms with E-state index >= 15 is 0 Å². The molecule has 0 aliphatic heterocycles. The minimum absolute atomic E-state index is 0.112. The van der Waals surface area contributed by atoms with Gasteiger partial charge in [-0.05, 0) is 83.5 Å². The zero-order valence-corrected chi connectivity index (χ0v) is 45.5. The second kappa shape index (κ2) is 57.6. The van der Waals surface area contributed by atoms with Crippen LogP contribution in [0, 0.1) is 0 Å². The predicted octanol–water partition coefficient (Wildman–Crippen LogP) is 19.5. The Morgan fingerprint density at radius 1 is 0.314 bits per heavy atom. The first-order valence-electron chi connectivity index (χ1n) is 28.9. The topological polar surface area (TPSA) is 78.9 Å². The molecule has 0 aromatic heterocycles. The van der Waals surface area contributed by atoms with Gasteiger partial charge >= 0.3 is 17.9 Å². The molecule has 0 fully saturated rings. The van der Waals surface area contributed by atoms with Gasteiger partial charge in [0.1, 0.15) is 13.2 Å². The van der Waals surface area contributed by atoms with E-state index in [-0.39, 0.29) is 31.6 Å². The van der Waals surface area contributed by atoms with Gasteiger partial charge in [-0.15, -0.1) is 0 Å². The Labute approximate surface area is 431 Å². The maximum atomic E-state index is 12.9. The number of esters is 3. The first-order valence-corrected chi connectivity index (χ1v) is 28.9. The monoisotopic (exact) mass is 971 g/mol. The second-order valence-electron chi connectivity index (χ2n) is 18.8. The molecule has 0 aromatic carbocycles. The number of unbranched alkanes of at least 4 members (excludes halogenated alkanes) is 23. The van der Waals surface area contributed by atoms with E-state index in [0.717, 1.165) is 103 Å². The number of hydrogen-bond donors (Lipinski definition) is 0. The van der Waals surface area contributed by atoms with Crippen molar-refractivity contribution in [3.05, 3.63) is 109 Å². The highest BCUT2D eigenvalue weighted by Gasteiger charge is 2.19. The fourth-order valence-electron chi connectivity index (χ4n) is 7.80. The molecule has 0 aromatic rings. The second-order valence-corrected chi connectivity index (χ2v) is 18.8. The molecule has 0 radical (unpaired) electrons. The molecule has 1 atom stereocenters. The van der Waals surface area contributed by atoms with Gasteiger partial charge in [-0.1, -0.05) is 265 Å². The van der Waals surface area contributed by atoms with Gasteiger partial charge in [-0.2, -0.15) is 0 Å². The van der Waals surface area contributed by atoms with Gasteiger partial charge in [0.15, 0.2) is 6.10 Å². The lowest BCUT2D eigenvalue weighted by molar-refractivity contribution is -0.166. The molecule has 398 valence electrons. The quantitative estimate of drug-likeness (QED) is 0.0262. The molecule has 6 nitrogen and oxygen atoms in total. The number of ether oxygens (including phenoxy) is 3. The van der Waals surface area contributed by atoms with Crippen LogP contribution in [0.5, 0.6) is 0 Å². The van der Waals surface area contributed by atoms with Crippen molar-refractivity contribution in [3.8, 4) is 0 Å². The molecule has 0 aliphatic rings. The fraction of sp³-hybridized carbons (Fsp3) is 0.672. The highest BCUT2D eigenvalue weighted by Crippen LogP contribution is 2.16. The lowest BCUT2D eigenvalue weighted by atomic mass is 10.0. The number of hydrogen-bond acceptors (Lipinski definition) is 6. The van der Waals surface area contributed by atoms with Gasteiger partial charge in [-0.3, -0.25) is 14.4 Å². The third kappa shape index (κ3) is 55.0. The molecule has 0 bridgehead atoms. The van der Waals surface area contributed by atoms with Crippen LogP contribution in [0.15, 0.2) is 109 Å². The first-order chi connectivity index (χ1) is 34.5. The van der Waals surface area contributed by atoms with Gasteiger partial charge in [0.2, 0.25) is 0 Å². The fourth-order valence-corrected chi connectivity index (χ4v) is 7.80. The van der Waals surface area contributed by atoms with E-state index in [1.54, 1.807) is 6.08 Å². The summed E-state index contributed by atoms with van der Waals surface area (Å²) in [6.45, 7) is 6.33. The van der Waals surface area contributed by atoms with Crippen LogP contribution in [0.1, 0.15) is 258 Å². The minimum atomic E-state index is -0.822. The Hall–Kier alpha value is -3.93. The third-order valence-corrected chi connectivity index (χ3v) is 12.1. The summed E-state index contributed by atoms with van der Waals surface area (Å²) in [5.41, 5.74) is 0. The van der Waals surface area contributed by atoms with Gasteiger partial charge in [-0.25, -0.2) is 0 Å². The Morgan fingerprint density at radius 2 is 0.614 bits per heavy atom. The summed E-state index contributed by atoms with van der Waals surface area (Å²) in [5, 5.41) is 0. The Kier molecular flexibility index (Phi) is 54.4. The molecule has 1 unspecified atom stereocenters. The van der Waals surface area contributed by atoms with Crippen LogP contribution in [0.2, 0.25) is 0 Å². The van der Waals surface area contributed by atoms with Crippen molar-refractivity contribution in [2.24, 2.45) is 0 Å². The molecule has 0 rings (SSSR count). The highest BCUT2D eigenvalue weighted by molar-refractivity contribution is 5.72.